The molecule has 0 unspecified atom stereocenters. The fraction of sp³-hybridized carbons (Fsp3) is 0. The van der Waals surface area contributed by atoms with Crippen LogP contribution in [0.3, 0.4) is 0 Å². The van der Waals surface area contributed by atoms with Crippen LogP contribution in [0.15, 0.2) is 46.9 Å². The number of carbonyl (C=O) groups is 2. The predicted molar refractivity (Wildman–Crippen MR) is 81.7 cm³/mol. The minimum absolute atomic E-state index is 0.0919. The van der Waals surface area contributed by atoms with Crippen LogP contribution in [0.1, 0.15) is 10.4 Å². The molecule has 0 heterocycles. The summed E-state index contributed by atoms with van der Waals surface area (Å²) < 4.78 is 14.0. The molecule has 0 aliphatic carbocycles. The Hall–Kier alpha value is -2.41. The number of anilines is 2. The first-order valence-corrected chi connectivity index (χ1v) is 6.68. The molecule has 2 rings (SSSR count). The van der Waals surface area contributed by atoms with Gasteiger partial charge in [-0.1, -0.05) is 12.1 Å². The van der Waals surface area contributed by atoms with Crippen LogP contribution in [0, 0.1) is 5.82 Å². The summed E-state index contributed by atoms with van der Waals surface area (Å²) in [4.78, 5) is 22.9. The van der Waals surface area contributed by atoms with E-state index in [0.717, 1.165) is 0 Å². The second kappa shape index (κ2) is 6.36. The third kappa shape index (κ3) is 3.79. The van der Waals surface area contributed by atoms with Crippen LogP contribution in [0.2, 0.25) is 0 Å². The van der Waals surface area contributed by atoms with Gasteiger partial charge < -0.3 is 16.4 Å². The normalized spacial score (nSPS) is 10.0. The van der Waals surface area contributed by atoms with Crippen LogP contribution in [0.5, 0.6) is 0 Å². The molecule has 0 aromatic heterocycles. The van der Waals surface area contributed by atoms with Crippen molar-refractivity contribution in [1.29, 1.82) is 0 Å². The SMILES string of the molecule is NC(=O)Nc1cccc(NC(=O)c2c(F)cccc2Br)c1. The molecular formula is C14H11BrFN3O2. The Morgan fingerprint density at radius 1 is 1.05 bits per heavy atom. The molecule has 0 fully saturated rings. The second-order valence-electron chi connectivity index (χ2n) is 4.12. The van der Waals surface area contributed by atoms with Crippen LogP contribution in [-0.2, 0) is 0 Å². The first-order valence-electron chi connectivity index (χ1n) is 5.89. The Kier molecular flexibility index (Phi) is 4.54. The summed E-state index contributed by atoms with van der Waals surface area (Å²) in [7, 11) is 0. The van der Waals surface area contributed by atoms with Gasteiger partial charge in [-0.2, -0.15) is 0 Å². The van der Waals surface area contributed by atoms with Crippen molar-refractivity contribution >= 4 is 39.2 Å². The van der Waals surface area contributed by atoms with Gasteiger partial charge in [0.2, 0.25) is 0 Å². The van der Waals surface area contributed by atoms with Crippen molar-refractivity contribution in [2.45, 2.75) is 0 Å². The Morgan fingerprint density at radius 2 is 1.67 bits per heavy atom. The number of hydrogen-bond donors (Lipinski definition) is 3. The first kappa shape index (κ1) is 15.0. The lowest BCUT2D eigenvalue weighted by Gasteiger charge is -2.09. The van der Waals surface area contributed by atoms with E-state index in [2.05, 4.69) is 26.6 Å². The number of primary amides is 1. The molecule has 0 spiro atoms. The molecule has 2 aromatic carbocycles. The molecule has 0 saturated carbocycles. The molecule has 0 radical (unpaired) electrons. The summed E-state index contributed by atoms with van der Waals surface area (Å²) in [6, 6.07) is 9.91. The zero-order valence-electron chi connectivity index (χ0n) is 10.7. The molecule has 7 heteroatoms. The quantitative estimate of drug-likeness (QED) is 0.792. The highest BCUT2D eigenvalue weighted by Crippen LogP contribution is 2.22. The molecular weight excluding hydrogens is 341 g/mol. The van der Waals surface area contributed by atoms with Gasteiger partial charge in [-0.15, -0.1) is 0 Å². The van der Waals surface area contributed by atoms with E-state index in [1.54, 1.807) is 24.3 Å². The Balaban J connectivity index is 2.22. The average Bonchev–Trinajstić information content (AvgIpc) is 2.37. The van der Waals surface area contributed by atoms with E-state index in [-0.39, 0.29) is 5.56 Å². The Bertz CT molecular complexity index is 686. The molecule has 108 valence electrons. The van der Waals surface area contributed by atoms with E-state index in [1.165, 1.54) is 18.2 Å². The third-order valence-electron chi connectivity index (χ3n) is 2.58. The Labute approximate surface area is 128 Å². The molecule has 3 amide bonds. The molecule has 0 bridgehead atoms. The molecule has 0 atom stereocenters. The lowest BCUT2D eigenvalue weighted by atomic mass is 10.2. The fourth-order valence-electron chi connectivity index (χ4n) is 1.73. The molecule has 4 N–H and O–H groups in total. The fourth-order valence-corrected chi connectivity index (χ4v) is 2.25. The van der Waals surface area contributed by atoms with Crippen molar-refractivity contribution in [2.24, 2.45) is 5.73 Å². The third-order valence-corrected chi connectivity index (χ3v) is 3.24. The highest BCUT2D eigenvalue weighted by molar-refractivity contribution is 9.10. The zero-order valence-corrected chi connectivity index (χ0v) is 12.3. The standard InChI is InChI=1S/C14H11BrFN3O2/c15-10-5-2-6-11(16)12(10)13(20)18-8-3-1-4-9(7-8)19-14(17)21/h1-7H,(H,18,20)(H3,17,19,21). The van der Waals surface area contributed by atoms with Gasteiger partial charge >= 0.3 is 6.03 Å². The number of carbonyl (C=O) groups excluding carboxylic acids is 2. The van der Waals surface area contributed by atoms with Gasteiger partial charge in [0, 0.05) is 15.8 Å². The maximum absolute atomic E-state index is 13.7. The van der Waals surface area contributed by atoms with Crippen molar-refractivity contribution in [3.05, 3.63) is 58.3 Å². The highest BCUT2D eigenvalue weighted by atomic mass is 79.9. The number of nitrogens with two attached hydrogens (primary N) is 1. The van der Waals surface area contributed by atoms with E-state index >= 15 is 0 Å². The van der Waals surface area contributed by atoms with E-state index in [1.807, 2.05) is 0 Å². The number of amides is 3. The van der Waals surface area contributed by atoms with Crippen LogP contribution in [0.25, 0.3) is 0 Å². The minimum Gasteiger partial charge on any atom is -0.351 e. The molecule has 0 aliphatic heterocycles. The molecule has 2 aromatic rings. The smallest absolute Gasteiger partial charge is 0.316 e. The molecule has 0 saturated heterocycles. The largest absolute Gasteiger partial charge is 0.351 e. The van der Waals surface area contributed by atoms with Crippen LogP contribution < -0.4 is 16.4 Å². The van der Waals surface area contributed by atoms with Crippen molar-refractivity contribution in [1.82, 2.24) is 0 Å². The van der Waals surface area contributed by atoms with E-state index in [0.29, 0.717) is 15.8 Å². The number of hydrogen-bond acceptors (Lipinski definition) is 2. The summed E-state index contributed by atoms with van der Waals surface area (Å²) in [5.74, 6) is -1.23. The van der Waals surface area contributed by atoms with Gasteiger partial charge in [-0.25, -0.2) is 9.18 Å². The summed E-state index contributed by atoms with van der Waals surface area (Å²) in [5, 5.41) is 4.94. The second-order valence-corrected chi connectivity index (χ2v) is 4.98. The maximum atomic E-state index is 13.7. The van der Waals surface area contributed by atoms with Crippen molar-refractivity contribution in [2.75, 3.05) is 10.6 Å². The van der Waals surface area contributed by atoms with Gasteiger partial charge in [0.15, 0.2) is 0 Å². The summed E-state index contributed by atoms with van der Waals surface area (Å²) in [6.45, 7) is 0. The number of halogens is 2. The number of benzene rings is 2. The molecule has 0 aliphatic rings. The van der Waals surface area contributed by atoms with Gasteiger partial charge in [-0.3, -0.25) is 4.79 Å². The van der Waals surface area contributed by atoms with E-state index in [9.17, 15) is 14.0 Å². The zero-order chi connectivity index (χ0) is 15.4. The van der Waals surface area contributed by atoms with Crippen LogP contribution >= 0.6 is 15.9 Å². The predicted octanol–water partition coefficient (Wildman–Crippen LogP) is 3.33. The number of nitrogens with one attached hydrogen (secondary N) is 2. The lowest BCUT2D eigenvalue weighted by Crippen LogP contribution is -2.19. The van der Waals surface area contributed by atoms with Crippen LogP contribution in [0.4, 0.5) is 20.6 Å². The van der Waals surface area contributed by atoms with Gasteiger partial charge in [0.25, 0.3) is 5.91 Å². The molecule has 21 heavy (non-hydrogen) atoms. The van der Waals surface area contributed by atoms with Gasteiger partial charge in [0.05, 0.1) is 5.56 Å². The minimum atomic E-state index is -0.713. The monoisotopic (exact) mass is 351 g/mol. The number of rotatable bonds is 3. The summed E-state index contributed by atoms with van der Waals surface area (Å²) in [5.41, 5.74) is 5.75. The first-order chi connectivity index (χ1) is 9.97. The lowest BCUT2D eigenvalue weighted by molar-refractivity contribution is 0.102. The van der Waals surface area contributed by atoms with Crippen molar-refractivity contribution in [3.8, 4) is 0 Å². The van der Waals surface area contributed by atoms with Crippen molar-refractivity contribution < 1.29 is 14.0 Å². The van der Waals surface area contributed by atoms with E-state index < -0.39 is 17.8 Å². The Morgan fingerprint density at radius 3 is 2.29 bits per heavy atom. The van der Waals surface area contributed by atoms with Crippen molar-refractivity contribution in [3.63, 3.8) is 0 Å². The topological polar surface area (TPSA) is 84.2 Å². The van der Waals surface area contributed by atoms with Gasteiger partial charge in [-0.05, 0) is 46.3 Å². The van der Waals surface area contributed by atoms with E-state index in [4.69, 9.17) is 5.73 Å². The molecule has 5 nitrogen and oxygen atoms in total. The van der Waals surface area contributed by atoms with Gasteiger partial charge in [0.1, 0.15) is 5.82 Å². The summed E-state index contributed by atoms with van der Waals surface area (Å²) >= 11 is 3.13. The average molecular weight is 352 g/mol. The summed E-state index contributed by atoms with van der Waals surface area (Å²) in [6.07, 6.45) is 0. The highest BCUT2D eigenvalue weighted by Gasteiger charge is 2.15. The van der Waals surface area contributed by atoms with Crippen LogP contribution in [-0.4, -0.2) is 11.9 Å². The number of urea groups is 1. The maximum Gasteiger partial charge on any atom is 0.316 e.